The molecule has 0 radical (unpaired) electrons. The lowest BCUT2D eigenvalue weighted by atomic mass is 9.97. The van der Waals surface area contributed by atoms with Crippen LogP contribution in [-0.2, 0) is 14.8 Å². The molecule has 1 saturated heterocycles. The van der Waals surface area contributed by atoms with E-state index in [0.29, 0.717) is 30.1 Å². The summed E-state index contributed by atoms with van der Waals surface area (Å²) in [5.41, 5.74) is 0. The Balaban J connectivity index is 1.85. The first kappa shape index (κ1) is 18.4. The Morgan fingerprint density at radius 3 is 2.57 bits per heavy atom. The summed E-state index contributed by atoms with van der Waals surface area (Å²) in [5, 5.41) is 2.97. The summed E-state index contributed by atoms with van der Waals surface area (Å²) in [7, 11) is -3.39. The van der Waals surface area contributed by atoms with Crippen molar-refractivity contribution in [3.05, 3.63) is 17.0 Å². The number of nitrogens with one attached hydrogen (secondary N) is 1. The van der Waals surface area contributed by atoms with Crippen LogP contribution in [-0.4, -0.2) is 38.3 Å². The smallest absolute Gasteiger partial charge is 0.252 e. The molecule has 130 valence electrons. The van der Waals surface area contributed by atoms with Crippen molar-refractivity contribution >= 4 is 27.3 Å². The summed E-state index contributed by atoms with van der Waals surface area (Å²) < 4.78 is 27.0. The third-order valence-corrected chi connectivity index (χ3v) is 7.58. The zero-order valence-corrected chi connectivity index (χ0v) is 15.5. The molecule has 2 rings (SSSR count). The number of piperidine rings is 1. The van der Waals surface area contributed by atoms with E-state index in [2.05, 4.69) is 12.2 Å². The van der Waals surface area contributed by atoms with Crippen LogP contribution in [0.3, 0.4) is 0 Å². The second kappa shape index (κ2) is 8.26. The van der Waals surface area contributed by atoms with Crippen molar-refractivity contribution in [1.29, 1.82) is 0 Å². The maximum absolute atomic E-state index is 12.6. The number of carbonyl (C=O) groups excluding carboxylic acids is 1. The van der Waals surface area contributed by atoms with Crippen LogP contribution in [0.4, 0.5) is 0 Å². The lowest BCUT2D eigenvalue weighted by molar-refractivity contribution is -0.126. The molecule has 0 aromatic carbocycles. The van der Waals surface area contributed by atoms with Gasteiger partial charge in [0, 0.05) is 30.4 Å². The van der Waals surface area contributed by atoms with Crippen molar-refractivity contribution in [2.24, 2.45) is 5.92 Å². The maximum Gasteiger partial charge on any atom is 0.252 e. The van der Waals surface area contributed by atoms with Gasteiger partial charge in [-0.1, -0.05) is 19.8 Å². The molecule has 1 aliphatic heterocycles. The molecule has 0 atom stereocenters. The summed E-state index contributed by atoms with van der Waals surface area (Å²) >= 11 is 1.30. The number of hydrogen-bond donors (Lipinski definition) is 1. The molecule has 0 spiro atoms. The molecule has 0 aliphatic carbocycles. The number of amides is 1. The number of sulfonamides is 1. The topological polar surface area (TPSA) is 66.5 Å². The number of aryl methyl sites for hydroxylation is 1. The first-order chi connectivity index (χ1) is 10.9. The third kappa shape index (κ3) is 4.78. The van der Waals surface area contributed by atoms with Gasteiger partial charge in [0.25, 0.3) is 10.0 Å². The average molecular weight is 359 g/mol. The molecule has 23 heavy (non-hydrogen) atoms. The van der Waals surface area contributed by atoms with E-state index in [9.17, 15) is 13.2 Å². The van der Waals surface area contributed by atoms with Gasteiger partial charge in [0.05, 0.1) is 0 Å². The normalized spacial score (nSPS) is 17.3. The van der Waals surface area contributed by atoms with E-state index in [1.165, 1.54) is 15.6 Å². The molecule has 0 bridgehead atoms. The van der Waals surface area contributed by atoms with Crippen molar-refractivity contribution in [1.82, 2.24) is 9.62 Å². The predicted octanol–water partition coefficient (Wildman–Crippen LogP) is 2.76. The van der Waals surface area contributed by atoms with Crippen LogP contribution in [0.2, 0.25) is 0 Å². The van der Waals surface area contributed by atoms with Gasteiger partial charge in [-0.3, -0.25) is 4.79 Å². The van der Waals surface area contributed by atoms with Gasteiger partial charge >= 0.3 is 0 Å². The van der Waals surface area contributed by atoms with Gasteiger partial charge in [-0.05, 0) is 38.3 Å². The number of carbonyl (C=O) groups is 1. The first-order valence-electron chi connectivity index (χ1n) is 8.29. The third-order valence-electron chi connectivity index (χ3n) is 4.21. The zero-order chi connectivity index (χ0) is 16.9. The first-order valence-corrected chi connectivity index (χ1v) is 10.5. The molecule has 7 heteroatoms. The molecular weight excluding hydrogens is 332 g/mol. The fourth-order valence-electron chi connectivity index (χ4n) is 2.77. The average Bonchev–Trinajstić information content (AvgIpc) is 2.99. The van der Waals surface area contributed by atoms with E-state index in [1.807, 2.05) is 13.0 Å². The molecule has 2 heterocycles. The fourth-order valence-corrected chi connectivity index (χ4v) is 5.67. The summed E-state index contributed by atoms with van der Waals surface area (Å²) in [5.74, 6) is 0.0123. The summed E-state index contributed by atoms with van der Waals surface area (Å²) in [4.78, 5) is 13.1. The standard InChI is InChI=1S/C16H26N2O3S2/c1-3-4-5-10-17-16(19)14-8-11-18(12-9-14)23(20,21)15-7-6-13(2)22-15/h6-7,14H,3-5,8-12H2,1-2H3,(H,17,19). The maximum atomic E-state index is 12.6. The van der Waals surface area contributed by atoms with Gasteiger partial charge < -0.3 is 5.32 Å². The highest BCUT2D eigenvalue weighted by Gasteiger charge is 2.32. The van der Waals surface area contributed by atoms with Gasteiger partial charge in [0.2, 0.25) is 5.91 Å². The van der Waals surface area contributed by atoms with E-state index in [4.69, 9.17) is 0 Å². The van der Waals surface area contributed by atoms with Crippen LogP contribution >= 0.6 is 11.3 Å². The number of hydrogen-bond acceptors (Lipinski definition) is 4. The Bertz CT molecular complexity index is 617. The Labute approximate surface area is 143 Å². The van der Waals surface area contributed by atoms with Crippen LogP contribution < -0.4 is 5.32 Å². The van der Waals surface area contributed by atoms with Crippen LogP contribution in [0.15, 0.2) is 16.3 Å². The molecule has 1 aliphatic rings. The quantitative estimate of drug-likeness (QED) is 0.762. The Kier molecular flexibility index (Phi) is 6.61. The Hall–Kier alpha value is -0.920. The molecule has 1 amide bonds. The molecular formula is C16H26N2O3S2. The number of thiophene rings is 1. The van der Waals surface area contributed by atoms with Crippen molar-refractivity contribution < 1.29 is 13.2 Å². The highest BCUT2D eigenvalue weighted by Crippen LogP contribution is 2.28. The molecule has 5 nitrogen and oxygen atoms in total. The van der Waals surface area contributed by atoms with Gasteiger partial charge in [-0.25, -0.2) is 8.42 Å². The number of nitrogens with zero attached hydrogens (tertiary/aromatic N) is 1. The van der Waals surface area contributed by atoms with Crippen LogP contribution in [0, 0.1) is 12.8 Å². The van der Waals surface area contributed by atoms with E-state index >= 15 is 0 Å². The molecule has 1 aromatic rings. The summed E-state index contributed by atoms with van der Waals surface area (Å²) in [6.07, 6.45) is 4.46. The second-order valence-electron chi connectivity index (χ2n) is 6.04. The minimum Gasteiger partial charge on any atom is -0.356 e. The predicted molar refractivity (Wildman–Crippen MR) is 93.1 cm³/mol. The fraction of sp³-hybridized carbons (Fsp3) is 0.688. The summed E-state index contributed by atoms with van der Waals surface area (Å²) in [6.45, 7) is 5.60. The number of unbranched alkanes of at least 4 members (excludes halogenated alkanes) is 2. The highest BCUT2D eigenvalue weighted by molar-refractivity contribution is 7.91. The molecule has 1 fully saturated rings. The Morgan fingerprint density at radius 2 is 2.00 bits per heavy atom. The minimum atomic E-state index is -3.39. The van der Waals surface area contributed by atoms with Gasteiger partial charge in [-0.2, -0.15) is 4.31 Å². The van der Waals surface area contributed by atoms with Crippen molar-refractivity contribution in [2.45, 2.75) is 50.2 Å². The van der Waals surface area contributed by atoms with Gasteiger partial charge in [0.15, 0.2) is 0 Å². The van der Waals surface area contributed by atoms with Gasteiger partial charge in [0.1, 0.15) is 4.21 Å². The highest BCUT2D eigenvalue weighted by atomic mass is 32.2. The Morgan fingerprint density at radius 1 is 1.30 bits per heavy atom. The van der Waals surface area contributed by atoms with Crippen LogP contribution in [0.1, 0.15) is 43.9 Å². The van der Waals surface area contributed by atoms with Crippen LogP contribution in [0.5, 0.6) is 0 Å². The lowest BCUT2D eigenvalue weighted by Gasteiger charge is -2.30. The monoisotopic (exact) mass is 358 g/mol. The molecule has 1 aromatic heterocycles. The molecule has 0 saturated carbocycles. The zero-order valence-electron chi connectivity index (χ0n) is 13.9. The van der Waals surface area contributed by atoms with Crippen LogP contribution in [0.25, 0.3) is 0 Å². The van der Waals surface area contributed by atoms with Crippen molar-refractivity contribution in [3.8, 4) is 0 Å². The minimum absolute atomic E-state index is 0.0619. The summed E-state index contributed by atoms with van der Waals surface area (Å²) in [6, 6.07) is 3.50. The van der Waals surface area contributed by atoms with E-state index in [-0.39, 0.29) is 11.8 Å². The van der Waals surface area contributed by atoms with E-state index < -0.39 is 10.0 Å². The number of rotatable bonds is 7. The second-order valence-corrected chi connectivity index (χ2v) is 9.49. The van der Waals surface area contributed by atoms with Crippen molar-refractivity contribution in [3.63, 3.8) is 0 Å². The largest absolute Gasteiger partial charge is 0.356 e. The van der Waals surface area contributed by atoms with Gasteiger partial charge in [-0.15, -0.1) is 11.3 Å². The SMILES string of the molecule is CCCCCNC(=O)C1CCN(S(=O)(=O)c2ccc(C)s2)CC1. The molecule has 1 N–H and O–H groups in total. The van der Waals surface area contributed by atoms with Crippen molar-refractivity contribution in [2.75, 3.05) is 19.6 Å². The van der Waals surface area contributed by atoms with E-state index in [0.717, 1.165) is 30.7 Å². The molecule has 0 unspecified atom stereocenters. The lowest BCUT2D eigenvalue weighted by Crippen LogP contribution is -2.43. The van der Waals surface area contributed by atoms with E-state index in [1.54, 1.807) is 6.07 Å².